The van der Waals surface area contributed by atoms with Gasteiger partial charge in [0.1, 0.15) is 23.2 Å². The van der Waals surface area contributed by atoms with E-state index in [4.69, 9.17) is 4.42 Å². The van der Waals surface area contributed by atoms with E-state index in [-0.39, 0.29) is 0 Å². The molecule has 2 heterocycles. The van der Waals surface area contributed by atoms with Gasteiger partial charge in [-0.1, -0.05) is 18.2 Å². The third-order valence-corrected chi connectivity index (χ3v) is 3.19. The number of benzene rings is 1. The number of aromatic nitrogens is 1. The molecule has 1 N–H and O–H groups in total. The first-order chi connectivity index (χ1) is 9.20. The Morgan fingerprint density at radius 1 is 1.21 bits per heavy atom. The fourth-order valence-electron chi connectivity index (χ4n) is 2.20. The molecule has 3 aromatic rings. The van der Waals surface area contributed by atoms with Gasteiger partial charge in [0.25, 0.3) is 0 Å². The van der Waals surface area contributed by atoms with Gasteiger partial charge in [0, 0.05) is 24.0 Å². The van der Waals surface area contributed by atoms with Crippen LogP contribution in [-0.2, 0) is 0 Å². The molecule has 2 aromatic heterocycles. The molecule has 0 fully saturated rings. The highest BCUT2D eigenvalue weighted by molar-refractivity contribution is 5.92. The molecule has 0 amide bonds. The van der Waals surface area contributed by atoms with Crippen LogP contribution < -0.4 is 4.90 Å². The monoisotopic (exact) mass is 251 g/mol. The number of aromatic amines is 1. The summed E-state index contributed by atoms with van der Waals surface area (Å²) in [5.74, 6) is 2.30. The summed E-state index contributed by atoms with van der Waals surface area (Å²) < 4.78 is 5.59. The lowest BCUT2D eigenvalue weighted by atomic mass is 10.2. The first-order valence-corrected chi connectivity index (χ1v) is 6.01. The van der Waals surface area contributed by atoms with E-state index in [1.165, 1.54) is 0 Å². The van der Waals surface area contributed by atoms with Crippen LogP contribution in [0.5, 0.6) is 0 Å². The van der Waals surface area contributed by atoms with E-state index in [0.29, 0.717) is 11.4 Å². The van der Waals surface area contributed by atoms with Crippen molar-refractivity contribution in [3.8, 4) is 6.07 Å². The van der Waals surface area contributed by atoms with Crippen LogP contribution in [0.3, 0.4) is 0 Å². The number of aryl methyl sites for hydroxylation is 1. The molecule has 0 saturated heterocycles. The molecule has 19 heavy (non-hydrogen) atoms. The Balaban J connectivity index is 2.17. The Bertz CT molecular complexity index is 776. The highest BCUT2D eigenvalue weighted by Gasteiger charge is 2.17. The largest absolute Gasteiger partial charge is 0.445 e. The van der Waals surface area contributed by atoms with E-state index in [1.807, 2.05) is 55.3 Å². The Kier molecular flexibility index (Phi) is 2.53. The van der Waals surface area contributed by atoms with Crippen LogP contribution in [0.2, 0.25) is 0 Å². The van der Waals surface area contributed by atoms with Gasteiger partial charge < -0.3 is 14.3 Å². The van der Waals surface area contributed by atoms with Crippen LogP contribution in [0, 0.1) is 18.3 Å². The summed E-state index contributed by atoms with van der Waals surface area (Å²) in [6, 6.07) is 13.8. The minimum atomic E-state index is 0.632. The van der Waals surface area contributed by atoms with Gasteiger partial charge in [0.15, 0.2) is 0 Å². The second-order valence-electron chi connectivity index (χ2n) is 4.45. The Hall–Kier alpha value is -2.67. The first-order valence-electron chi connectivity index (χ1n) is 6.01. The molecule has 0 saturated carbocycles. The summed E-state index contributed by atoms with van der Waals surface area (Å²) in [5, 5.41) is 10.3. The van der Waals surface area contributed by atoms with Gasteiger partial charge in [-0.15, -0.1) is 0 Å². The number of nitrogens with zero attached hydrogens (tertiary/aromatic N) is 2. The normalized spacial score (nSPS) is 10.6. The molecule has 0 unspecified atom stereocenters. The number of para-hydroxylation sites is 1. The number of hydrogen-bond donors (Lipinski definition) is 1. The summed E-state index contributed by atoms with van der Waals surface area (Å²) in [5.41, 5.74) is 1.58. The van der Waals surface area contributed by atoms with Gasteiger partial charge in [0.2, 0.25) is 5.88 Å². The first kappa shape index (κ1) is 11.4. The van der Waals surface area contributed by atoms with Crippen LogP contribution >= 0.6 is 0 Å². The van der Waals surface area contributed by atoms with E-state index in [1.54, 1.807) is 0 Å². The maximum atomic E-state index is 9.38. The maximum absolute atomic E-state index is 9.38. The molecule has 1 aromatic carbocycles. The number of rotatable bonds is 2. The Morgan fingerprint density at radius 3 is 2.68 bits per heavy atom. The Morgan fingerprint density at radius 2 is 2.00 bits per heavy atom. The van der Waals surface area contributed by atoms with Gasteiger partial charge in [0.05, 0.1) is 0 Å². The quantitative estimate of drug-likeness (QED) is 0.755. The summed E-state index contributed by atoms with van der Waals surface area (Å²) in [7, 11) is 1.88. The SMILES string of the molecule is Cc1ccc(N(C)c2[nH]c3ccccc3c2C#N)o1. The highest BCUT2D eigenvalue weighted by atomic mass is 16.4. The topological polar surface area (TPSA) is 56.0 Å². The molecule has 0 aliphatic carbocycles. The van der Waals surface area contributed by atoms with Crippen molar-refractivity contribution in [2.75, 3.05) is 11.9 Å². The van der Waals surface area contributed by atoms with Crippen molar-refractivity contribution in [2.24, 2.45) is 0 Å². The van der Waals surface area contributed by atoms with E-state index in [0.717, 1.165) is 22.5 Å². The number of nitriles is 1. The van der Waals surface area contributed by atoms with Gasteiger partial charge in [-0.25, -0.2) is 0 Å². The fraction of sp³-hybridized carbons (Fsp3) is 0.133. The number of H-pyrrole nitrogens is 1. The number of furan rings is 1. The third kappa shape index (κ3) is 1.76. The second kappa shape index (κ2) is 4.21. The van der Waals surface area contributed by atoms with Crippen molar-refractivity contribution >= 4 is 22.6 Å². The predicted molar refractivity (Wildman–Crippen MR) is 74.5 cm³/mol. The molecule has 0 atom stereocenters. The van der Waals surface area contributed by atoms with Crippen molar-refractivity contribution in [1.29, 1.82) is 5.26 Å². The van der Waals surface area contributed by atoms with Gasteiger partial charge in [-0.2, -0.15) is 5.26 Å². The van der Waals surface area contributed by atoms with Crippen LogP contribution in [-0.4, -0.2) is 12.0 Å². The lowest BCUT2D eigenvalue weighted by Gasteiger charge is -2.14. The zero-order chi connectivity index (χ0) is 13.4. The lowest BCUT2D eigenvalue weighted by molar-refractivity contribution is 0.537. The summed E-state index contributed by atoms with van der Waals surface area (Å²) in [4.78, 5) is 5.12. The van der Waals surface area contributed by atoms with Crippen molar-refractivity contribution in [3.63, 3.8) is 0 Å². The lowest BCUT2D eigenvalue weighted by Crippen LogP contribution is -2.10. The molecule has 4 nitrogen and oxygen atoms in total. The minimum Gasteiger partial charge on any atom is -0.445 e. The molecule has 0 spiro atoms. The summed E-state index contributed by atoms with van der Waals surface area (Å²) in [6.07, 6.45) is 0. The number of fused-ring (bicyclic) bond motifs is 1. The van der Waals surface area contributed by atoms with Crippen LogP contribution in [0.15, 0.2) is 40.8 Å². The molecule has 0 radical (unpaired) electrons. The molecule has 0 bridgehead atoms. The zero-order valence-corrected chi connectivity index (χ0v) is 10.8. The summed E-state index contributed by atoms with van der Waals surface area (Å²) in [6.45, 7) is 1.90. The molecular weight excluding hydrogens is 238 g/mol. The van der Waals surface area contributed by atoms with Crippen LogP contribution in [0.1, 0.15) is 11.3 Å². The molecule has 94 valence electrons. The van der Waals surface area contributed by atoms with Crippen molar-refractivity contribution < 1.29 is 4.42 Å². The zero-order valence-electron chi connectivity index (χ0n) is 10.8. The van der Waals surface area contributed by atoms with Crippen molar-refractivity contribution in [2.45, 2.75) is 6.92 Å². The average molecular weight is 251 g/mol. The fourth-order valence-corrected chi connectivity index (χ4v) is 2.20. The number of anilines is 2. The molecule has 0 aliphatic rings. The van der Waals surface area contributed by atoms with Crippen molar-refractivity contribution in [1.82, 2.24) is 4.98 Å². The average Bonchev–Trinajstić information content (AvgIpc) is 3.01. The molecular formula is C15H13N3O. The van der Waals surface area contributed by atoms with Crippen LogP contribution in [0.4, 0.5) is 11.7 Å². The number of nitrogens with one attached hydrogen (secondary N) is 1. The van der Waals surface area contributed by atoms with E-state index in [9.17, 15) is 5.26 Å². The minimum absolute atomic E-state index is 0.632. The molecule has 0 aliphatic heterocycles. The van der Waals surface area contributed by atoms with E-state index >= 15 is 0 Å². The second-order valence-corrected chi connectivity index (χ2v) is 4.45. The predicted octanol–water partition coefficient (Wildman–Crippen LogP) is 3.71. The Labute approximate surface area is 110 Å². The van der Waals surface area contributed by atoms with E-state index in [2.05, 4.69) is 11.1 Å². The van der Waals surface area contributed by atoms with Gasteiger partial charge in [-0.05, 0) is 19.1 Å². The van der Waals surface area contributed by atoms with E-state index < -0.39 is 0 Å². The van der Waals surface area contributed by atoms with Crippen molar-refractivity contribution in [3.05, 3.63) is 47.7 Å². The molecule has 4 heteroatoms. The highest BCUT2D eigenvalue weighted by Crippen LogP contribution is 2.32. The summed E-state index contributed by atoms with van der Waals surface area (Å²) >= 11 is 0. The standard InChI is InChI=1S/C15H13N3O/c1-10-7-8-14(19-10)18(2)15-12(9-16)11-5-3-4-6-13(11)17-15/h3-8,17H,1-2H3. The number of hydrogen-bond acceptors (Lipinski definition) is 3. The van der Waals surface area contributed by atoms with Gasteiger partial charge >= 0.3 is 0 Å². The van der Waals surface area contributed by atoms with Crippen LogP contribution in [0.25, 0.3) is 10.9 Å². The third-order valence-electron chi connectivity index (χ3n) is 3.19. The van der Waals surface area contributed by atoms with Gasteiger partial charge in [-0.3, -0.25) is 0 Å². The molecule has 3 rings (SSSR count). The maximum Gasteiger partial charge on any atom is 0.200 e. The smallest absolute Gasteiger partial charge is 0.200 e.